The van der Waals surface area contributed by atoms with Crippen LogP contribution in [0.4, 0.5) is 0 Å². The van der Waals surface area contributed by atoms with Crippen LogP contribution >= 0.6 is 15.9 Å². The maximum Gasteiger partial charge on any atom is 0.119 e. The summed E-state index contributed by atoms with van der Waals surface area (Å²) in [5.41, 5.74) is 3.49. The summed E-state index contributed by atoms with van der Waals surface area (Å²) in [6.45, 7) is 5.18. The molecule has 0 aliphatic carbocycles. The Balaban J connectivity index is 2.44. The Kier molecular flexibility index (Phi) is 5.76. The zero-order chi connectivity index (χ0) is 15.2. The Bertz CT molecular complexity index is 601. The molecule has 0 aliphatic heterocycles. The molecule has 3 nitrogen and oxygen atoms in total. The van der Waals surface area contributed by atoms with Crippen LogP contribution in [0.5, 0.6) is 5.75 Å². The molecular formula is C17H21BrN2O. The van der Waals surface area contributed by atoms with Gasteiger partial charge < -0.3 is 10.1 Å². The first kappa shape index (κ1) is 16.0. The van der Waals surface area contributed by atoms with Crippen LogP contribution < -0.4 is 10.1 Å². The minimum absolute atomic E-state index is 0.0989. The highest BCUT2D eigenvalue weighted by molar-refractivity contribution is 9.10. The van der Waals surface area contributed by atoms with Crippen molar-refractivity contribution in [3.8, 4) is 5.75 Å². The van der Waals surface area contributed by atoms with Crippen molar-refractivity contribution in [2.24, 2.45) is 0 Å². The number of ether oxygens (including phenoxy) is 1. The number of pyridine rings is 1. The second kappa shape index (κ2) is 7.57. The highest BCUT2D eigenvalue weighted by Gasteiger charge is 2.17. The maximum atomic E-state index is 5.36. The van der Waals surface area contributed by atoms with Gasteiger partial charge in [-0.15, -0.1) is 0 Å². The molecule has 4 heteroatoms. The molecule has 1 atom stereocenters. The second-order valence-electron chi connectivity index (χ2n) is 5.07. The molecule has 2 aromatic rings. The summed E-state index contributed by atoms with van der Waals surface area (Å²) in [7, 11) is 1.69. The summed E-state index contributed by atoms with van der Waals surface area (Å²) in [6, 6.07) is 8.32. The zero-order valence-electron chi connectivity index (χ0n) is 12.7. The third-order valence-electron chi connectivity index (χ3n) is 3.34. The number of nitrogens with one attached hydrogen (secondary N) is 1. The Hall–Kier alpha value is -1.39. The standard InChI is InChI=1S/C17H21BrN2O/c1-4-7-20-17(13-8-12(2)10-19-11-13)15-9-14(21-3)5-6-16(15)18/h5-6,8-11,17,20H,4,7H2,1-3H3. The monoisotopic (exact) mass is 348 g/mol. The molecule has 21 heavy (non-hydrogen) atoms. The molecule has 0 saturated carbocycles. The van der Waals surface area contributed by atoms with Crippen molar-refractivity contribution in [2.75, 3.05) is 13.7 Å². The highest BCUT2D eigenvalue weighted by atomic mass is 79.9. The number of hydrogen-bond acceptors (Lipinski definition) is 3. The fourth-order valence-corrected chi connectivity index (χ4v) is 2.78. The van der Waals surface area contributed by atoms with E-state index in [9.17, 15) is 0 Å². The third-order valence-corrected chi connectivity index (χ3v) is 4.06. The van der Waals surface area contributed by atoms with Crippen LogP contribution in [0.3, 0.4) is 0 Å². The van der Waals surface area contributed by atoms with Gasteiger partial charge in [0.2, 0.25) is 0 Å². The Morgan fingerprint density at radius 1 is 1.29 bits per heavy atom. The maximum absolute atomic E-state index is 5.36. The molecule has 1 heterocycles. The predicted octanol–water partition coefficient (Wildman–Crippen LogP) is 4.25. The van der Waals surface area contributed by atoms with Crippen LogP contribution in [-0.4, -0.2) is 18.6 Å². The van der Waals surface area contributed by atoms with Crippen LogP contribution in [0.2, 0.25) is 0 Å². The first-order valence-electron chi connectivity index (χ1n) is 7.14. The topological polar surface area (TPSA) is 34.2 Å². The van der Waals surface area contributed by atoms with Gasteiger partial charge in [-0.25, -0.2) is 0 Å². The third kappa shape index (κ3) is 4.05. The van der Waals surface area contributed by atoms with Gasteiger partial charge in [-0.1, -0.05) is 28.9 Å². The minimum atomic E-state index is 0.0989. The Morgan fingerprint density at radius 2 is 2.10 bits per heavy atom. The number of benzene rings is 1. The number of aromatic nitrogens is 1. The summed E-state index contributed by atoms with van der Waals surface area (Å²) in [6.07, 6.45) is 4.88. The van der Waals surface area contributed by atoms with Gasteiger partial charge in [0.15, 0.2) is 0 Å². The zero-order valence-corrected chi connectivity index (χ0v) is 14.3. The van der Waals surface area contributed by atoms with Gasteiger partial charge in [-0.3, -0.25) is 4.98 Å². The summed E-state index contributed by atoms with van der Waals surface area (Å²) in [5, 5.41) is 3.60. The molecule has 0 bridgehead atoms. The van der Waals surface area contributed by atoms with E-state index < -0.39 is 0 Å². The van der Waals surface area contributed by atoms with E-state index in [1.807, 2.05) is 24.5 Å². The van der Waals surface area contributed by atoms with E-state index >= 15 is 0 Å². The smallest absolute Gasteiger partial charge is 0.119 e. The predicted molar refractivity (Wildman–Crippen MR) is 89.8 cm³/mol. The van der Waals surface area contributed by atoms with Crippen molar-refractivity contribution >= 4 is 15.9 Å². The number of halogens is 1. The van der Waals surface area contributed by atoms with Gasteiger partial charge in [0, 0.05) is 16.9 Å². The number of hydrogen-bond donors (Lipinski definition) is 1. The average molecular weight is 349 g/mol. The lowest BCUT2D eigenvalue weighted by atomic mass is 9.98. The summed E-state index contributed by atoms with van der Waals surface area (Å²) in [5.74, 6) is 0.858. The number of aryl methyl sites for hydroxylation is 1. The molecule has 0 saturated heterocycles. The van der Waals surface area contributed by atoms with E-state index in [1.165, 1.54) is 0 Å². The number of nitrogens with zero attached hydrogens (tertiary/aromatic N) is 1. The fraction of sp³-hybridized carbons (Fsp3) is 0.353. The van der Waals surface area contributed by atoms with E-state index in [-0.39, 0.29) is 6.04 Å². The Labute approximate surface area is 134 Å². The largest absolute Gasteiger partial charge is 0.497 e. The molecule has 0 amide bonds. The molecule has 1 aromatic heterocycles. The van der Waals surface area contributed by atoms with Gasteiger partial charge >= 0.3 is 0 Å². The van der Waals surface area contributed by atoms with Gasteiger partial charge in [0.25, 0.3) is 0 Å². The fourth-order valence-electron chi connectivity index (χ4n) is 2.30. The van der Waals surface area contributed by atoms with E-state index in [2.05, 4.69) is 52.2 Å². The first-order valence-corrected chi connectivity index (χ1v) is 7.93. The van der Waals surface area contributed by atoms with E-state index in [1.54, 1.807) is 7.11 Å². The molecule has 2 rings (SSSR count). The summed E-state index contributed by atoms with van der Waals surface area (Å²) >= 11 is 3.65. The van der Waals surface area contributed by atoms with Crippen molar-refractivity contribution in [2.45, 2.75) is 26.3 Å². The summed E-state index contributed by atoms with van der Waals surface area (Å²) in [4.78, 5) is 4.32. The van der Waals surface area contributed by atoms with Crippen molar-refractivity contribution in [3.63, 3.8) is 0 Å². The van der Waals surface area contributed by atoms with E-state index in [0.717, 1.165) is 39.9 Å². The molecule has 1 aromatic carbocycles. The van der Waals surface area contributed by atoms with Crippen LogP contribution in [0, 0.1) is 6.92 Å². The average Bonchev–Trinajstić information content (AvgIpc) is 2.49. The van der Waals surface area contributed by atoms with Crippen molar-refractivity contribution in [3.05, 3.63) is 57.8 Å². The first-order chi connectivity index (χ1) is 10.2. The molecule has 0 fully saturated rings. The van der Waals surface area contributed by atoms with Crippen molar-refractivity contribution in [1.29, 1.82) is 0 Å². The van der Waals surface area contributed by atoms with Crippen LogP contribution in [0.15, 0.2) is 41.1 Å². The van der Waals surface area contributed by atoms with Crippen molar-refractivity contribution in [1.82, 2.24) is 10.3 Å². The number of rotatable bonds is 6. The van der Waals surface area contributed by atoms with Gasteiger partial charge in [0.1, 0.15) is 5.75 Å². The lowest BCUT2D eigenvalue weighted by molar-refractivity contribution is 0.413. The second-order valence-corrected chi connectivity index (χ2v) is 5.92. The van der Waals surface area contributed by atoms with E-state index in [4.69, 9.17) is 4.74 Å². The van der Waals surface area contributed by atoms with Crippen molar-refractivity contribution < 1.29 is 4.74 Å². The number of methoxy groups -OCH3 is 1. The molecule has 0 radical (unpaired) electrons. The van der Waals surface area contributed by atoms with Crippen LogP contribution in [0.25, 0.3) is 0 Å². The normalized spacial score (nSPS) is 12.2. The SMILES string of the molecule is CCCNC(c1cncc(C)c1)c1cc(OC)ccc1Br. The van der Waals surface area contributed by atoms with Gasteiger partial charge in [-0.2, -0.15) is 0 Å². The van der Waals surface area contributed by atoms with Crippen LogP contribution in [0.1, 0.15) is 36.1 Å². The summed E-state index contributed by atoms with van der Waals surface area (Å²) < 4.78 is 6.43. The Morgan fingerprint density at radius 3 is 2.76 bits per heavy atom. The van der Waals surface area contributed by atoms with Gasteiger partial charge in [-0.05, 0) is 54.8 Å². The minimum Gasteiger partial charge on any atom is -0.497 e. The van der Waals surface area contributed by atoms with Gasteiger partial charge in [0.05, 0.1) is 13.2 Å². The molecule has 1 N–H and O–H groups in total. The molecule has 0 aliphatic rings. The van der Waals surface area contributed by atoms with E-state index in [0.29, 0.717) is 0 Å². The lowest BCUT2D eigenvalue weighted by Gasteiger charge is -2.21. The molecular weight excluding hydrogens is 328 g/mol. The quantitative estimate of drug-likeness (QED) is 0.847. The molecule has 112 valence electrons. The molecule has 1 unspecified atom stereocenters. The van der Waals surface area contributed by atoms with Crippen LogP contribution in [-0.2, 0) is 0 Å². The lowest BCUT2D eigenvalue weighted by Crippen LogP contribution is -2.23. The highest BCUT2D eigenvalue weighted by Crippen LogP contribution is 2.31. The molecule has 0 spiro atoms.